The second-order valence-electron chi connectivity index (χ2n) is 6.04. The van der Waals surface area contributed by atoms with Gasteiger partial charge in [-0.2, -0.15) is 28.1 Å². The van der Waals surface area contributed by atoms with Crippen LogP contribution in [0.3, 0.4) is 0 Å². The van der Waals surface area contributed by atoms with E-state index in [-0.39, 0.29) is 17.9 Å². The van der Waals surface area contributed by atoms with E-state index in [0.29, 0.717) is 31.6 Å². The van der Waals surface area contributed by atoms with Crippen LogP contribution in [-0.2, 0) is 16.4 Å². The molecule has 0 aliphatic heterocycles. The van der Waals surface area contributed by atoms with Crippen LogP contribution in [0.4, 0.5) is 25.1 Å². The second-order valence-corrected chi connectivity index (χ2v) is 7.68. The number of guanidine groups is 2. The summed E-state index contributed by atoms with van der Waals surface area (Å²) in [4.78, 5) is 14.9. The number of anilines is 2. The maximum Gasteiger partial charge on any atom is 0.408 e. The van der Waals surface area contributed by atoms with Gasteiger partial charge in [-0.15, -0.1) is 4.40 Å². The van der Waals surface area contributed by atoms with Gasteiger partial charge in [-0.05, 0) is 12.8 Å². The highest BCUT2D eigenvalue weighted by atomic mass is 32.2. The van der Waals surface area contributed by atoms with Crippen molar-refractivity contribution in [3.05, 3.63) is 5.82 Å². The molecule has 0 aliphatic carbocycles. The van der Waals surface area contributed by atoms with E-state index < -0.39 is 28.7 Å². The van der Waals surface area contributed by atoms with Crippen LogP contribution < -0.4 is 27.4 Å². The normalized spacial score (nSPS) is 13.2. The Labute approximate surface area is 171 Å². The zero-order valence-corrected chi connectivity index (χ0v) is 17.3. The summed E-state index contributed by atoms with van der Waals surface area (Å²) in [6, 6.07) is 0. The minimum atomic E-state index is -4.48. The number of halogens is 3. The highest BCUT2D eigenvalue weighted by Gasteiger charge is 2.26. The summed E-state index contributed by atoms with van der Waals surface area (Å²) in [6.07, 6.45) is -0.891. The molecule has 0 amide bonds. The fraction of sp³-hybridized carbons (Fsp3) is 0.643. The molecule has 30 heavy (non-hydrogen) atoms. The number of nitrogens with zero attached hydrogens (tertiary/aromatic N) is 5. The van der Waals surface area contributed by atoms with E-state index in [9.17, 15) is 21.6 Å². The van der Waals surface area contributed by atoms with Gasteiger partial charge in [0.1, 0.15) is 12.4 Å². The molecule has 1 aromatic heterocycles. The predicted molar refractivity (Wildman–Crippen MR) is 107 cm³/mol. The van der Waals surface area contributed by atoms with Gasteiger partial charge in [0, 0.05) is 20.0 Å². The average molecular weight is 454 g/mol. The van der Waals surface area contributed by atoms with Crippen LogP contribution in [0.25, 0.3) is 0 Å². The highest BCUT2D eigenvalue weighted by Crippen LogP contribution is 2.14. The number of aromatic nitrogens is 3. The van der Waals surface area contributed by atoms with Gasteiger partial charge >= 0.3 is 6.18 Å². The Bertz CT molecular complexity index is 858. The Morgan fingerprint density at radius 3 is 2.47 bits per heavy atom. The second kappa shape index (κ2) is 11.3. The molecule has 0 spiro atoms. The van der Waals surface area contributed by atoms with Gasteiger partial charge in [-0.25, -0.2) is 13.4 Å². The van der Waals surface area contributed by atoms with E-state index in [0.717, 1.165) is 12.7 Å². The standard InChI is InChI=1S/C14H25F3N10O2S/c1-20-12(27-30(2,28)29)21-7-5-3-4-6-9-23-11(19)26-13(24-9)25-10(18)22-8-14(15,16)17/h3-8H2,1-2H3,(H2,20,21,27)(H5,18,19,22,23,24,25,26). The average Bonchev–Trinajstić information content (AvgIpc) is 2.59. The van der Waals surface area contributed by atoms with E-state index in [2.05, 4.69) is 40.3 Å². The number of nitrogens with one attached hydrogen (secondary N) is 3. The summed E-state index contributed by atoms with van der Waals surface area (Å²) in [5.41, 5.74) is 11.0. The van der Waals surface area contributed by atoms with Crippen molar-refractivity contribution in [2.45, 2.75) is 31.9 Å². The van der Waals surface area contributed by atoms with Crippen molar-refractivity contribution < 1.29 is 21.6 Å². The molecule has 0 aromatic carbocycles. The minimum absolute atomic E-state index is 0.0989. The van der Waals surface area contributed by atoms with E-state index in [1.165, 1.54) is 0 Å². The van der Waals surface area contributed by atoms with Crippen molar-refractivity contribution in [1.82, 2.24) is 25.6 Å². The molecule has 0 atom stereocenters. The van der Waals surface area contributed by atoms with Crippen LogP contribution in [0.5, 0.6) is 0 Å². The first-order valence-electron chi connectivity index (χ1n) is 8.73. The van der Waals surface area contributed by atoms with Gasteiger partial charge in [0.05, 0.1) is 6.26 Å². The number of alkyl halides is 3. The summed E-state index contributed by atoms with van der Waals surface area (Å²) in [7, 11) is -1.95. The van der Waals surface area contributed by atoms with Crippen LogP contribution in [0.1, 0.15) is 25.1 Å². The molecule has 12 nitrogen and oxygen atoms in total. The van der Waals surface area contributed by atoms with Crippen LogP contribution in [0.15, 0.2) is 9.39 Å². The third-order valence-corrected chi connectivity index (χ3v) is 3.75. The third kappa shape index (κ3) is 11.8. The summed E-state index contributed by atoms with van der Waals surface area (Å²) >= 11 is 0. The number of unbranched alkanes of at least 4 members (excludes halogenated alkanes) is 2. The predicted octanol–water partition coefficient (Wildman–Crippen LogP) is -0.420. The van der Waals surface area contributed by atoms with Crippen molar-refractivity contribution >= 4 is 33.8 Å². The number of aliphatic imine (C=N–C) groups is 1. The van der Waals surface area contributed by atoms with Gasteiger partial charge in [-0.1, -0.05) is 6.42 Å². The Kier molecular flexibility index (Phi) is 9.48. The van der Waals surface area contributed by atoms with Crippen LogP contribution in [0, 0.1) is 0 Å². The molecule has 0 radical (unpaired) electrons. The number of nitrogens with two attached hydrogens (primary N) is 2. The summed E-state index contributed by atoms with van der Waals surface area (Å²) in [5, 5.41) is 7.87. The molecular weight excluding hydrogens is 429 g/mol. The lowest BCUT2D eigenvalue weighted by Gasteiger charge is -2.09. The molecule has 170 valence electrons. The molecule has 16 heteroatoms. The van der Waals surface area contributed by atoms with Crippen LogP contribution >= 0.6 is 0 Å². The van der Waals surface area contributed by atoms with Crippen molar-refractivity contribution in [2.75, 3.05) is 37.4 Å². The fourth-order valence-electron chi connectivity index (χ4n) is 2.06. The minimum Gasteiger partial charge on any atom is -0.370 e. The first-order valence-corrected chi connectivity index (χ1v) is 10.6. The Hall–Kier alpha value is -2.91. The first-order chi connectivity index (χ1) is 13.9. The molecule has 0 unspecified atom stereocenters. The number of hydrogen-bond donors (Lipinski definition) is 5. The molecule has 1 aromatic rings. The Morgan fingerprint density at radius 1 is 1.17 bits per heavy atom. The van der Waals surface area contributed by atoms with Crippen molar-refractivity contribution in [3.63, 3.8) is 0 Å². The molecule has 1 rings (SSSR count). The molecule has 0 bridgehead atoms. The van der Waals surface area contributed by atoms with Crippen LogP contribution in [-0.4, -0.2) is 67.9 Å². The number of rotatable bonds is 9. The van der Waals surface area contributed by atoms with Gasteiger partial charge in [0.15, 0.2) is 5.96 Å². The monoisotopic (exact) mass is 454 g/mol. The largest absolute Gasteiger partial charge is 0.408 e. The Morgan fingerprint density at radius 2 is 1.87 bits per heavy atom. The van der Waals surface area contributed by atoms with Gasteiger partial charge < -0.3 is 22.1 Å². The molecule has 0 saturated heterocycles. The molecule has 0 fully saturated rings. The van der Waals surface area contributed by atoms with E-state index >= 15 is 0 Å². The summed E-state index contributed by atoms with van der Waals surface area (Å²) < 4.78 is 62.2. The van der Waals surface area contributed by atoms with Crippen molar-refractivity contribution in [1.29, 1.82) is 0 Å². The molecule has 7 N–H and O–H groups in total. The van der Waals surface area contributed by atoms with Crippen molar-refractivity contribution in [2.24, 2.45) is 15.1 Å². The van der Waals surface area contributed by atoms with E-state index in [1.54, 1.807) is 7.05 Å². The summed E-state index contributed by atoms with van der Waals surface area (Å²) in [6.45, 7) is -0.939. The fourth-order valence-corrected chi connectivity index (χ4v) is 2.55. The molecule has 1 heterocycles. The van der Waals surface area contributed by atoms with Gasteiger partial charge in [0.2, 0.25) is 17.9 Å². The lowest BCUT2D eigenvalue weighted by Crippen LogP contribution is -2.36. The van der Waals surface area contributed by atoms with E-state index in [4.69, 9.17) is 11.5 Å². The molecule has 0 saturated carbocycles. The SMILES string of the molecule is CN/C(=N/S(C)(=O)=O)NCCCCCc1nc(N)nc(N/C(N)=N\CC(F)(F)F)n1. The third-order valence-electron chi connectivity index (χ3n) is 3.23. The van der Waals surface area contributed by atoms with Crippen molar-refractivity contribution in [3.8, 4) is 0 Å². The lowest BCUT2D eigenvalue weighted by molar-refractivity contribution is -0.118. The quantitative estimate of drug-likeness (QED) is 0.186. The topological polar surface area (TPSA) is 186 Å². The number of nitrogen functional groups attached to an aromatic ring is 1. The molecule has 0 aliphatic rings. The zero-order valence-electron chi connectivity index (χ0n) is 16.5. The highest BCUT2D eigenvalue weighted by molar-refractivity contribution is 7.89. The molecular formula is C14H25F3N10O2S. The maximum atomic E-state index is 12.2. The number of sulfonamides is 1. The Balaban J connectivity index is 2.49. The number of aryl methyl sites for hydroxylation is 1. The maximum absolute atomic E-state index is 12.2. The van der Waals surface area contributed by atoms with Gasteiger partial charge in [-0.3, -0.25) is 5.32 Å². The summed E-state index contributed by atoms with van der Waals surface area (Å²) in [5.74, 6) is -0.202. The zero-order chi connectivity index (χ0) is 22.8. The smallest absolute Gasteiger partial charge is 0.370 e. The number of hydrogen-bond acceptors (Lipinski definition) is 7. The lowest BCUT2D eigenvalue weighted by atomic mass is 10.2. The van der Waals surface area contributed by atoms with E-state index in [1.807, 2.05) is 0 Å². The first kappa shape index (κ1) is 25.1. The van der Waals surface area contributed by atoms with Crippen LogP contribution in [0.2, 0.25) is 0 Å². The van der Waals surface area contributed by atoms with Gasteiger partial charge in [0.25, 0.3) is 10.0 Å².